The maximum Gasteiger partial charge on any atom is 0.236 e. The molecule has 0 bridgehead atoms. The Morgan fingerprint density at radius 1 is 1.16 bits per heavy atom. The molecule has 6 heteroatoms. The van der Waals surface area contributed by atoms with Crippen LogP contribution in [0, 0.1) is 19.8 Å². The Bertz CT molecular complexity index is 830. The highest BCUT2D eigenvalue weighted by molar-refractivity contribution is 7.92. The van der Waals surface area contributed by atoms with Gasteiger partial charge in [-0.2, -0.15) is 4.31 Å². The maximum atomic E-state index is 12.5. The fourth-order valence-corrected chi connectivity index (χ4v) is 4.37. The van der Waals surface area contributed by atoms with Crippen LogP contribution in [0.4, 0.5) is 0 Å². The molecule has 1 aromatic heterocycles. The molecule has 3 rings (SSSR count). The van der Waals surface area contributed by atoms with Gasteiger partial charge >= 0.3 is 0 Å². The van der Waals surface area contributed by atoms with Crippen molar-refractivity contribution in [3.8, 4) is 0 Å². The van der Waals surface area contributed by atoms with Crippen molar-refractivity contribution in [1.82, 2.24) is 13.9 Å². The van der Waals surface area contributed by atoms with E-state index >= 15 is 0 Å². The lowest BCUT2D eigenvalue weighted by Crippen LogP contribution is -2.38. The summed E-state index contributed by atoms with van der Waals surface area (Å²) in [6.45, 7) is 6.09. The van der Waals surface area contributed by atoms with E-state index in [0.29, 0.717) is 19.0 Å². The van der Waals surface area contributed by atoms with E-state index < -0.39 is 10.0 Å². The molecule has 2 aromatic rings. The zero-order valence-corrected chi connectivity index (χ0v) is 15.6. The second kappa shape index (κ2) is 7.54. The SMILES string of the molecule is Cc1ccc(/C=C/S(=O)(=O)N2CCC(Cn3ccnc3C)CC2)cc1. The average molecular weight is 359 g/mol. The molecule has 0 N–H and O–H groups in total. The Morgan fingerprint density at radius 2 is 1.84 bits per heavy atom. The van der Waals surface area contributed by atoms with Crippen molar-refractivity contribution >= 4 is 16.1 Å². The smallest absolute Gasteiger partial charge is 0.236 e. The number of hydrogen-bond acceptors (Lipinski definition) is 3. The molecule has 0 saturated carbocycles. The molecule has 5 nitrogen and oxygen atoms in total. The van der Waals surface area contributed by atoms with Gasteiger partial charge in [-0.05, 0) is 44.2 Å². The number of aromatic nitrogens is 2. The lowest BCUT2D eigenvalue weighted by Gasteiger charge is -2.30. The minimum absolute atomic E-state index is 0.500. The van der Waals surface area contributed by atoms with E-state index in [-0.39, 0.29) is 0 Å². The predicted molar refractivity (Wildman–Crippen MR) is 100 cm³/mol. The molecule has 0 amide bonds. The van der Waals surface area contributed by atoms with Crippen LogP contribution in [-0.4, -0.2) is 35.4 Å². The van der Waals surface area contributed by atoms with Crippen molar-refractivity contribution < 1.29 is 8.42 Å². The molecule has 1 aliphatic heterocycles. The molecule has 25 heavy (non-hydrogen) atoms. The molecule has 0 spiro atoms. The van der Waals surface area contributed by atoms with Crippen molar-refractivity contribution in [3.05, 3.63) is 59.0 Å². The van der Waals surface area contributed by atoms with Crippen LogP contribution in [-0.2, 0) is 16.6 Å². The Kier molecular flexibility index (Phi) is 5.39. The van der Waals surface area contributed by atoms with Crippen LogP contribution in [0.25, 0.3) is 6.08 Å². The van der Waals surface area contributed by atoms with Crippen molar-refractivity contribution in [3.63, 3.8) is 0 Å². The molecule has 0 unspecified atom stereocenters. The molecule has 0 aliphatic carbocycles. The van der Waals surface area contributed by atoms with E-state index in [2.05, 4.69) is 9.55 Å². The summed E-state index contributed by atoms with van der Waals surface area (Å²) in [6, 6.07) is 7.83. The van der Waals surface area contributed by atoms with Crippen molar-refractivity contribution in [2.45, 2.75) is 33.2 Å². The Labute approximate surface area is 150 Å². The number of aryl methyl sites for hydroxylation is 2. The summed E-state index contributed by atoms with van der Waals surface area (Å²) in [7, 11) is -3.35. The fraction of sp³-hybridized carbons (Fsp3) is 0.421. The minimum atomic E-state index is -3.35. The molecule has 1 fully saturated rings. The third-order valence-electron chi connectivity index (χ3n) is 4.82. The lowest BCUT2D eigenvalue weighted by atomic mass is 9.98. The molecular weight excluding hydrogens is 334 g/mol. The van der Waals surface area contributed by atoms with E-state index in [0.717, 1.165) is 36.3 Å². The third-order valence-corrected chi connectivity index (χ3v) is 6.39. The summed E-state index contributed by atoms with van der Waals surface area (Å²) in [5, 5.41) is 1.33. The molecule has 2 heterocycles. The Morgan fingerprint density at radius 3 is 2.44 bits per heavy atom. The number of imidazole rings is 1. The number of benzene rings is 1. The highest BCUT2D eigenvalue weighted by atomic mass is 32.2. The number of hydrogen-bond donors (Lipinski definition) is 0. The first-order chi connectivity index (χ1) is 11.9. The summed E-state index contributed by atoms with van der Waals surface area (Å²) >= 11 is 0. The maximum absolute atomic E-state index is 12.5. The van der Waals surface area contributed by atoms with Gasteiger partial charge in [0.15, 0.2) is 0 Å². The van der Waals surface area contributed by atoms with Crippen LogP contribution in [0.15, 0.2) is 42.1 Å². The first kappa shape index (κ1) is 17.9. The quantitative estimate of drug-likeness (QED) is 0.824. The van der Waals surface area contributed by atoms with E-state index in [9.17, 15) is 8.42 Å². The highest BCUT2D eigenvalue weighted by Crippen LogP contribution is 2.22. The zero-order chi connectivity index (χ0) is 17.9. The topological polar surface area (TPSA) is 55.2 Å². The fourth-order valence-electron chi connectivity index (χ4n) is 3.15. The monoisotopic (exact) mass is 359 g/mol. The van der Waals surface area contributed by atoms with E-state index in [1.54, 1.807) is 10.4 Å². The van der Waals surface area contributed by atoms with E-state index in [4.69, 9.17) is 0 Å². The first-order valence-electron chi connectivity index (χ1n) is 8.67. The van der Waals surface area contributed by atoms with Gasteiger partial charge in [-0.15, -0.1) is 0 Å². The van der Waals surface area contributed by atoms with Gasteiger partial charge in [-0.25, -0.2) is 13.4 Å². The molecule has 1 aromatic carbocycles. The third kappa shape index (κ3) is 4.58. The van der Waals surface area contributed by atoms with Crippen LogP contribution in [0.3, 0.4) is 0 Å². The van der Waals surface area contributed by atoms with Gasteiger partial charge in [-0.3, -0.25) is 0 Å². The van der Waals surface area contributed by atoms with Gasteiger partial charge < -0.3 is 4.57 Å². The molecule has 1 saturated heterocycles. The second-order valence-corrected chi connectivity index (χ2v) is 8.55. The zero-order valence-electron chi connectivity index (χ0n) is 14.8. The van der Waals surface area contributed by atoms with E-state index in [1.807, 2.05) is 50.5 Å². The standard InChI is InChI=1S/C19H25N3O2S/c1-16-3-5-18(6-4-16)9-14-25(23,24)22-11-7-19(8-12-22)15-21-13-10-20-17(21)2/h3-6,9-10,13-14,19H,7-8,11-12,15H2,1-2H3/b14-9+. The van der Waals surface area contributed by atoms with Gasteiger partial charge in [0.25, 0.3) is 0 Å². The molecule has 0 radical (unpaired) electrons. The summed E-state index contributed by atoms with van der Waals surface area (Å²) < 4.78 is 28.8. The Hall–Kier alpha value is -1.92. The number of nitrogens with zero attached hydrogens (tertiary/aromatic N) is 3. The number of rotatable bonds is 5. The van der Waals surface area contributed by atoms with Gasteiger partial charge in [-0.1, -0.05) is 29.8 Å². The van der Waals surface area contributed by atoms with Gasteiger partial charge in [0, 0.05) is 37.4 Å². The molecule has 0 atom stereocenters. The number of piperidine rings is 1. The predicted octanol–water partition coefficient (Wildman–Crippen LogP) is 3.21. The summed E-state index contributed by atoms with van der Waals surface area (Å²) in [5.41, 5.74) is 2.06. The molecule has 134 valence electrons. The average Bonchev–Trinajstić information content (AvgIpc) is 3.00. The number of sulfonamides is 1. The van der Waals surface area contributed by atoms with Crippen molar-refractivity contribution in [1.29, 1.82) is 0 Å². The van der Waals surface area contributed by atoms with Gasteiger partial charge in [0.05, 0.1) is 0 Å². The van der Waals surface area contributed by atoms with Crippen LogP contribution in [0.1, 0.15) is 29.8 Å². The van der Waals surface area contributed by atoms with E-state index in [1.165, 1.54) is 5.41 Å². The van der Waals surface area contributed by atoms with Crippen LogP contribution in [0.5, 0.6) is 0 Å². The normalized spacial score (nSPS) is 17.4. The summed E-state index contributed by atoms with van der Waals surface area (Å²) in [6.07, 6.45) is 7.24. The summed E-state index contributed by atoms with van der Waals surface area (Å²) in [5.74, 6) is 1.51. The van der Waals surface area contributed by atoms with Crippen molar-refractivity contribution in [2.75, 3.05) is 13.1 Å². The van der Waals surface area contributed by atoms with Gasteiger partial charge in [0.2, 0.25) is 10.0 Å². The highest BCUT2D eigenvalue weighted by Gasteiger charge is 2.26. The Balaban J connectivity index is 1.57. The largest absolute Gasteiger partial charge is 0.335 e. The van der Waals surface area contributed by atoms with Crippen LogP contribution < -0.4 is 0 Å². The molecule has 1 aliphatic rings. The van der Waals surface area contributed by atoms with Gasteiger partial charge in [0.1, 0.15) is 5.82 Å². The van der Waals surface area contributed by atoms with Crippen LogP contribution in [0.2, 0.25) is 0 Å². The minimum Gasteiger partial charge on any atom is -0.335 e. The van der Waals surface area contributed by atoms with Crippen molar-refractivity contribution in [2.24, 2.45) is 5.92 Å². The lowest BCUT2D eigenvalue weighted by molar-refractivity contribution is 0.253. The first-order valence-corrected chi connectivity index (χ1v) is 10.2. The summed E-state index contributed by atoms with van der Waals surface area (Å²) in [4.78, 5) is 4.24. The second-order valence-electron chi connectivity index (χ2n) is 6.73. The van der Waals surface area contributed by atoms with Crippen LogP contribution >= 0.6 is 0 Å². The molecular formula is C19H25N3O2S.